The van der Waals surface area contributed by atoms with Crippen LogP contribution >= 0.6 is 0 Å². The SMILES string of the molecule is CC1(C)COC(c2ccc(F)cc2)CN1C(=O)CN1C(=O)c2ccccc2C1=O. The predicted octanol–water partition coefficient (Wildman–Crippen LogP) is 2.80. The third-order valence-corrected chi connectivity index (χ3v) is 5.43. The molecule has 0 radical (unpaired) electrons. The minimum atomic E-state index is -0.605. The molecule has 2 heterocycles. The summed E-state index contributed by atoms with van der Waals surface area (Å²) in [5.41, 5.74) is 0.790. The van der Waals surface area contributed by atoms with Gasteiger partial charge in [-0.15, -0.1) is 0 Å². The highest BCUT2D eigenvalue weighted by Crippen LogP contribution is 2.31. The van der Waals surface area contributed by atoms with Gasteiger partial charge in [0.25, 0.3) is 11.8 Å². The number of carbonyl (C=O) groups is 3. The zero-order valence-corrected chi connectivity index (χ0v) is 16.2. The van der Waals surface area contributed by atoms with E-state index in [-0.39, 0.29) is 31.4 Å². The molecule has 0 aromatic heterocycles. The molecule has 150 valence electrons. The van der Waals surface area contributed by atoms with Crippen molar-refractivity contribution < 1.29 is 23.5 Å². The van der Waals surface area contributed by atoms with E-state index in [1.807, 2.05) is 13.8 Å². The van der Waals surface area contributed by atoms with Crippen LogP contribution in [0, 0.1) is 5.82 Å². The number of nitrogens with zero attached hydrogens (tertiary/aromatic N) is 2. The molecule has 1 saturated heterocycles. The number of benzene rings is 2. The largest absolute Gasteiger partial charge is 0.369 e. The molecule has 1 unspecified atom stereocenters. The van der Waals surface area contributed by atoms with Gasteiger partial charge in [-0.2, -0.15) is 0 Å². The van der Waals surface area contributed by atoms with Crippen LogP contribution in [-0.4, -0.2) is 52.8 Å². The van der Waals surface area contributed by atoms with Crippen LogP contribution in [0.25, 0.3) is 0 Å². The lowest BCUT2D eigenvalue weighted by molar-refractivity contribution is -0.155. The number of carbonyl (C=O) groups excluding carboxylic acids is 3. The fourth-order valence-electron chi connectivity index (χ4n) is 3.77. The number of halogens is 1. The average molecular weight is 396 g/mol. The summed E-state index contributed by atoms with van der Waals surface area (Å²) < 4.78 is 19.1. The highest BCUT2D eigenvalue weighted by Gasteiger charge is 2.42. The Morgan fingerprint density at radius 3 is 2.24 bits per heavy atom. The monoisotopic (exact) mass is 396 g/mol. The lowest BCUT2D eigenvalue weighted by Crippen LogP contribution is -2.58. The smallest absolute Gasteiger partial charge is 0.262 e. The first-order chi connectivity index (χ1) is 13.8. The van der Waals surface area contributed by atoms with Gasteiger partial charge in [-0.05, 0) is 43.7 Å². The number of morpholine rings is 1. The quantitative estimate of drug-likeness (QED) is 0.749. The maximum absolute atomic E-state index is 13.2. The van der Waals surface area contributed by atoms with E-state index in [2.05, 4.69) is 0 Å². The topological polar surface area (TPSA) is 66.9 Å². The van der Waals surface area contributed by atoms with E-state index in [9.17, 15) is 18.8 Å². The number of amides is 3. The Labute approximate surface area is 167 Å². The number of hydrogen-bond donors (Lipinski definition) is 0. The maximum Gasteiger partial charge on any atom is 0.262 e. The van der Waals surface area contributed by atoms with Crippen LogP contribution in [0.4, 0.5) is 4.39 Å². The standard InChI is InChI=1S/C22H21FN2O4/c1-22(2)13-29-18(14-7-9-15(23)10-8-14)11-25(22)19(26)12-24-20(27)16-5-3-4-6-17(16)21(24)28/h3-10,18H,11-13H2,1-2H3. The fourth-order valence-corrected chi connectivity index (χ4v) is 3.77. The first-order valence-electron chi connectivity index (χ1n) is 9.41. The van der Waals surface area contributed by atoms with Crippen LogP contribution in [0.1, 0.15) is 46.2 Å². The zero-order valence-electron chi connectivity index (χ0n) is 16.2. The molecule has 2 aliphatic heterocycles. The van der Waals surface area contributed by atoms with Crippen molar-refractivity contribution in [2.45, 2.75) is 25.5 Å². The van der Waals surface area contributed by atoms with Crippen LogP contribution in [0.2, 0.25) is 0 Å². The summed E-state index contributed by atoms with van der Waals surface area (Å²) in [4.78, 5) is 40.9. The molecule has 6 nitrogen and oxygen atoms in total. The Hall–Kier alpha value is -3.06. The Morgan fingerprint density at radius 1 is 1.07 bits per heavy atom. The van der Waals surface area contributed by atoms with Crippen molar-refractivity contribution in [2.24, 2.45) is 0 Å². The molecule has 0 spiro atoms. The highest BCUT2D eigenvalue weighted by molar-refractivity contribution is 6.22. The van der Waals surface area contributed by atoms with Crippen LogP contribution < -0.4 is 0 Å². The molecule has 1 atom stereocenters. The highest BCUT2D eigenvalue weighted by atomic mass is 19.1. The molecule has 3 amide bonds. The molecule has 1 fully saturated rings. The number of ether oxygens (including phenoxy) is 1. The third-order valence-electron chi connectivity index (χ3n) is 5.43. The molecule has 0 N–H and O–H groups in total. The van der Waals surface area contributed by atoms with Gasteiger partial charge in [-0.3, -0.25) is 19.3 Å². The molecule has 4 rings (SSSR count). The summed E-state index contributed by atoms with van der Waals surface area (Å²) in [6.45, 7) is 3.94. The lowest BCUT2D eigenvalue weighted by atomic mass is 9.98. The van der Waals surface area contributed by atoms with Crippen LogP contribution in [0.15, 0.2) is 48.5 Å². The first-order valence-corrected chi connectivity index (χ1v) is 9.41. The Morgan fingerprint density at radius 2 is 1.66 bits per heavy atom. The first kappa shape index (κ1) is 19.3. The molecule has 2 aromatic rings. The Bertz CT molecular complexity index is 952. The van der Waals surface area contributed by atoms with Crippen molar-refractivity contribution in [3.63, 3.8) is 0 Å². The molecule has 2 aliphatic rings. The van der Waals surface area contributed by atoms with Crippen molar-refractivity contribution in [1.82, 2.24) is 9.80 Å². The van der Waals surface area contributed by atoms with E-state index in [4.69, 9.17) is 4.74 Å². The third kappa shape index (κ3) is 3.42. The number of hydrogen-bond acceptors (Lipinski definition) is 4. The molecular weight excluding hydrogens is 375 g/mol. The minimum absolute atomic E-state index is 0.251. The van der Waals surface area contributed by atoms with Crippen molar-refractivity contribution in [3.05, 3.63) is 71.0 Å². The van der Waals surface area contributed by atoms with E-state index < -0.39 is 23.5 Å². The molecular formula is C22H21FN2O4. The summed E-state index contributed by atoms with van der Waals surface area (Å²) in [5, 5.41) is 0. The zero-order chi connectivity index (χ0) is 20.8. The molecule has 29 heavy (non-hydrogen) atoms. The summed E-state index contributed by atoms with van der Waals surface area (Å²) in [6, 6.07) is 12.5. The van der Waals surface area contributed by atoms with Crippen molar-refractivity contribution in [1.29, 1.82) is 0 Å². The average Bonchev–Trinajstić information content (AvgIpc) is 2.94. The number of rotatable bonds is 3. The Kier molecular flexibility index (Phi) is 4.70. The van der Waals surface area contributed by atoms with Crippen LogP contribution in [0.3, 0.4) is 0 Å². The second kappa shape index (κ2) is 7.08. The van der Waals surface area contributed by atoms with Gasteiger partial charge in [0.2, 0.25) is 5.91 Å². The van der Waals surface area contributed by atoms with E-state index in [1.165, 1.54) is 12.1 Å². The van der Waals surface area contributed by atoms with Gasteiger partial charge in [0.1, 0.15) is 18.5 Å². The molecule has 0 bridgehead atoms. The summed E-state index contributed by atoms with van der Waals surface area (Å²) in [6.07, 6.45) is -0.408. The summed E-state index contributed by atoms with van der Waals surface area (Å²) in [7, 11) is 0. The van der Waals surface area contributed by atoms with Gasteiger partial charge >= 0.3 is 0 Å². The van der Waals surface area contributed by atoms with Crippen molar-refractivity contribution in [2.75, 3.05) is 19.7 Å². The minimum Gasteiger partial charge on any atom is -0.369 e. The van der Waals surface area contributed by atoms with Crippen molar-refractivity contribution >= 4 is 17.7 Å². The van der Waals surface area contributed by atoms with Gasteiger partial charge in [-0.25, -0.2) is 4.39 Å². The van der Waals surface area contributed by atoms with Gasteiger partial charge < -0.3 is 9.64 Å². The molecule has 0 aliphatic carbocycles. The van der Waals surface area contributed by atoms with Crippen LogP contribution in [0.5, 0.6) is 0 Å². The van der Waals surface area contributed by atoms with E-state index in [1.54, 1.807) is 41.3 Å². The Balaban J connectivity index is 1.53. The van der Waals surface area contributed by atoms with Crippen molar-refractivity contribution in [3.8, 4) is 0 Å². The number of fused-ring (bicyclic) bond motifs is 1. The number of imide groups is 1. The second-order valence-corrected chi connectivity index (χ2v) is 7.91. The second-order valence-electron chi connectivity index (χ2n) is 7.91. The maximum atomic E-state index is 13.2. The normalized spacial score (nSPS) is 20.7. The summed E-state index contributed by atoms with van der Waals surface area (Å²) in [5.74, 6) is -1.59. The van der Waals surface area contributed by atoms with Gasteiger partial charge in [0.15, 0.2) is 0 Å². The molecule has 2 aromatic carbocycles. The van der Waals surface area contributed by atoms with E-state index in [0.717, 1.165) is 10.5 Å². The molecule has 0 saturated carbocycles. The predicted molar refractivity (Wildman–Crippen MR) is 103 cm³/mol. The fraction of sp³-hybridized carbons (Fsp3) is 0.318. The summed E-state index contributed by atoms with van der Waals surface area (Å²) >= 11 is 0. The van der Waals surface area contributed by atoms with Gasteiger partial charge in [-0.1, -0.05) is 24.3 Å². The van der Waals surface area contributed by atoms with Gasteiger partial charge in [0, 0.05) is 0 Å². The lowest BCUT2D eigenvalue weighted by Gasteiger charge is -2.45. The van der Waals surface area contributed by atoms with Crippen LogP contribution in [-0.2, 0) is 9.53 Å². The van der Waals surface area contributed by atoms with E-state index >= 15 is 0 Å². The molecule has 7 heteroatoms. The van der Waals surface area contributed by atoms with E-state index in [0.29, 0.717) is 11.1 Å². The van der Waals surface area contributed by atoms with Gasteiger partial charge in [0.05, 0.1) is 29.8 Å².